The Morgan fingerprint density at radius 3 is 2.40 bits per heavy atom. The van der Waals surface area contributed by atoms with E-state index in [1.165, 1.54) is 18.2 Å². The second-order valence-electron chi connectivity index (χ2n) is 10.6. The second-order valence-corrected chi connectivity index (χ2v) is 10.6. The number of ketones is 2. The summed E-state index contributed by atoms with van der Waals surface area (Å²) in [6.07, 6.45) is 3.88. The molecule has 4 aromatic rings. The zero-order chi connectivity index (χ0) is 27.6. The quantitative estimate of drug-likeness (QED) is 0.331. The Kier molecular flexibility index (Phi) is 5.36. The Balaban J connectivity index is 1.56. The highest BCUT2D eigenvalue weighted by Gasteiger charge is 2.70. The number of anilines is 2. The number of para-hydroxylation sites is 1. The zero-order valence-electron chi connectivity index (χ0n) is 21.7. The summed E-state index contributed by atoms with van der Waals surface area (Å²) in [4.78, 5) is 45.4. The largest absolute Gasteiger partial charge is 0.352 e. The van der Waals surface area contributed by atoms with Crippen molar-refractivity contribution in [3.05, 3.63) is 137 Å². The summed E-state index contributed by atoms with van der Waals surface area (Å²) in [5.74, 6) is -3.13. The first-order valence-electron chi connectivity index (χ1n) is 13.3. The highest BCUT2D eigenvalue weighted by atomic mass is 19.1. The highest BCUT2D eigenvalue weighted by molar-refractivity contribution is 6.18. The van der Waals surface area contributed by atoms with Gasteiger partial charge in [-0.1, -0.05) is 84.4 Å². The number of hydrogen-bond acceptors (Lipinski definition) is 4. The van der Waals surface area contributed by atoms with Crippen molar-refractivity contribution in [3.8, 4) is 0 Å². The third kappa shape index (κ3) is 3.22. The van der Waals surface area contributed by atoms with E-state index in [-0.39, 0.29) is 17.3 Å². The van der Waals surface area contributed by atoms with Crippen molar-refractivity contribution in [2.24, 2.45) is 5.92 Å². The summed E-state index contributed by atoms with van der Waals surface area (Å²) in [6.45, 7) is 1.99. The number of hydrogen-bond donors (Lipinski definition) is 1. The maximum atomic E-state index is 15.2. The summed E-state index contributed by atoms with van der Waals surface area (Å²) in [6, 6.07) is 26.0. The first-order chi connectivity index (χ1) is 19.4. The minimum atomic E-state index is -1.47. The van der Waals surface area contributed by atoms with Crippen molar-refractivity contribution in [2.75, 3.05) is 10.2 Å². The normalized spacial score (nSPS) is 23.9. The van der Waals surface area contributed by atoms with Crippen molar-refractivity contribution in [2.45, 2.75) is 24.4 Å². The summed E-state index contributed by atoms with van der Waals surface area (Å²) in [5, 5.41) is 2.99. The van der Waals surface area contributed by atoms with E-state index in [2.05, 4.69) is 5.32 Å². The highest BCUT2D eigenvalue weighted by Crippen LogP contribution is 2.58. The van der Waals surface area contributed by atoms with Crippen molar-refractivity contribution in [3.63, 3.8) is 0 Å². The number of nitrogens with zero attached hydrogens (tertiary/aromatic N) is 1. The molecule has 5 nitrogen and oxygen atoms in total. The number of carbonyl (C=O) groups excluding carboxylic acids is 3. The van der Waals surface area contributed by atoms with Crippen molar-refractivity contribution in [1.82, 2.24) is 0 Å². The number of Topliss-reactive ketones (excluding diaryl/α,β-unsaturated/α-hetero) is 2. The first-order valence-corrected chi connectivity index (χ1v) is 13.3. The maximum absolute atomic E-state index is 15.2. The van der Waals surface area contributed by atoms with E-state index < -0.39 is 35.0 Å². The van der Waals surface area contributed by atoms with Crippen LogP contribution in [0.5, 0.6) is 0 Å². The molecule has 1 N–H and O–H groups in total. The summed E-state index contributed by atoms with van der Waals surface area (Å²) in [7, 11) is 0. The first kappa shape index (κ1) is 24.2. The number of benzene rings is 4. The van der Waals surface area contributed by atoms with E-state index in [9.17, 15) is 14.4 Å². The molecule has 4 atom stereocenters. The fraction of sp³-hybridized carbons (Fsp3) is 0.147. The molecule has 0 saturated carbocycles. The average molecular weight is 529 g/mol. The molecule has 3 aliphatic heterocycles. The predicted molar refractivity (Wildman–Crippen MR) is 152 cm³/mol. The van der Waals surface area contributed by atoms with Crippen molar-refractivity contribution in [1.29, 1.82) is 0 Å². The maximum Gasteiger partial charge on any atom is 0.238 e. The number of fused-ring (bicyclic) bond motifs is 6. The van der Waals surface area contributed by atoms with Crippen LogP contribution in [0.1, 0.15) is 37.4 Å². The lowest BCUT2D eigenvalue weighted by Gasteiger charge is -2.37. The molecule has 196 valence electrons. The molecule has 1 saturated heterocycles. The molecule has 4 aromatic carbocycles. The Hall–Kier alpha value is -4.84. The second kappa shape index (κ2) is 8.85. The van der Waals surface area contributed by atoms with E-state index in [0.717, 1.165) is 16.8 Å². The SMILES string of the molecule is Cc1ccc2c(c1)C=C[C@@H]1N2[C@H](C(=O)c2ccccc2)[C@@H](C(=O)c2ccccc2F)[C@]12C(=O)Nc1ccccc12. The standard InChI is InChI=1S/C34H25FN2O3/c1-20-15-17-27-22(19-20)16-18-28-34(24-12-6-8-14-26(24)36-33(34)40)29(32(39)23-11-5-7-13-25(23)35)30(37(27)28)31(38)21-9-3-2-4-10-21/h2-19,28-30H,1H3,(H,36,40)/t28-,29-,30-,34+/m0/s1. The lowest BCUT2D eigenvalue weighted by Crippen LogP contribution is -2.51. The van der Waals surface area contributed by atoms with Crippen LogP contribution in [0.2, 0.25) is 0 Å². The van der Waals surface area contributed by atoms with Gasteiger partial charge in [0.05, 0.1) is 17.5 Å². The Morgan fingerprint density at radius 1 is 0.875 bits per heavy atom. The van der Waals surface area contributed by atoms with Crippen molar-refractivity contribution < 1.29 is 18.8 Å². The van der Waals surface area contributed by atoms with Crippen LogP contribution in [-0.4, -0.2) is 29.6 Å². The van der Waals surface area contributed by atoms with E-state index in [1.54, 1.807) is 36.4 Å². The zero-order valence-corrected chi connectivity index (χ0v) is 21.7. The fourth-order valence-corrected chi connectivity index (χ4v) is 6.90. The Bertz CT molecular complexity index is 1750. The molecule has 0 aliphatic carbocycles. The van der Waals surface area contributed by atoms with Crippen LogP contribution in [0, 0.1) is 18.7 Å². The van der Waals surface area contributed by atoms with Crippen LogP contribution in [0.25, 0.3) is 6.08 Å². The smallest absolute Gasteiger partial charge is 0.238 e. The van der Waals surface area contributed by atoms with Gasteiger partial charge in [0.25, 0.3) is 0 Å². The molecule has 3 aliphatic rings. The van der Waals surface area contributed by atoms with Crippen molar-refractivity contribution >= 4 is 34.9 Å². The fourth-order valence-electron chi connectivity index (χ4n) is 6.90. The number of carbonyl (C=O) groups is 3. The van der Waals surface area contributed by atoms with Crippen LogP contribution in [0.4, 0.5) is 15.8 Å². The minimum Gasteiger partial charge on any atom is -0.352 e. The molecule has 0 unspecified atom stereocenters. The molecule has 1 spiro atoms. The number of rotatable bonds is 4. The van der Waals surface area contributed by atoms with Gasteiger partial charge in [-0.15, -0.1) is 0 Å². The molecule has 0 aromatic heterocycles. The van der Waals surface area contributed by atoms with Crippen LogP contribution in [0.15, 0.2) is 103 Å². The van der Waals surface area contributed by atoms with Gasteiger partial charge >= 0.3 is 0 Å². The summed E-state index contributed by atoms with van der Waals surface area (Å²) >= 11 is 0. The molecule has 3 heterocycles. The predicted octanol–water partition coefficient (Wildman–Crippen LogP) is 5.99. The van der Waals surface area contributed by atoms with E-state index in [4.69, 9.17) is 0 Å². The van der Waals surface area contributed by atoms with Gasteiger partial charge in [-0.25, -0.2) is 4.39 Å². The van der Waals surface area contributed by atoms with Gasteiger partial charge in [0.15, 0.2) is 11.6 Å². The van der Waals surface area contributed by atoms with Gasteiger partial charge < -0.3 is 10.2 Å². The van der Waals surface area contributed by atoms with Crippen LogP contribution in [-0.2, 0) is 10.2 Å². The van der Waals surface area contributed by atoms with Gasteiger partial charge in [-0.05, 0) is 48.4 Å². The Labute approximate surface area is 231 Å². The van der Waals surface area contributed by atoms with E-state index >= 15 is 4.39 Å². The van der Waals surface area contributed by atoms with E-state index in [0.29, 0.717) is 16.8 Å². The average Bonchev–Trinajstić information content (AvgIpc) is 3.45. The summed E-state index contributed by atoms with van der Waals surface area (Å²) < 4.78 is 15.2. The summed E-state index contributed by atoms with van der Waals surface area (Å²) in [5.41, 5.74) is 2.74. The monoisotopic (exact) mass is 528 g/mol. The van der Waals surface area contributed by atoms with Gasteiger partial charge in [0.2, 0.25) is 5.91 Å². The topological polar surface area (TPSA) is 66.5 Å². The third-order valence-electron chi connectivity index (χ3n) is 8.54. The van der Waals surface area contributed by atoms with Gasteiger partial charge in [-0.3, -0.25) is 14.4 Å². The molecule has 7 rings (SSSR count). The molecule has 40 heavy (non-hydrogen) atoms. The lowest BCUT2D eigenvalue weighted by molar-refractivity contribution is -0.121. The number of amides is 1. The molecule has 0 radical (unpaired) electrons. The number of halogens is 1. The molecular formula is C34H25FN2O3. The van der Waals surface area contributed by atoms with Crippen LogP contribution in [0.3, 0.4) is 0 Å². The molecule has 1 fully saturated rings. The van der Waals surface area contributed by atoms with Crippen LogP contribution < -0.4 is 10.2 Å². The minimum absolute atomic E-state index is 0.136. The van der Waals surface area contributed by atoms with E-state index in [1.807, 2.05) is 66.4 Å². The van der Waals surface area contributed by atoms with Gasteiger partial charge in [0, 0.05) is 16.9 Å². The Morgan fingerprint density at radius 2 is 1.60 bits per heavy atom. The molecule has 6 heteroatoms. The number of nitrogens with one attached hydrogen (secondary N) is 1. The molecule has 0 bridgehead atoms. The lowest BCUT2D eigenvalue weighted by atomic mass is 9.64. The third-order valence-corrected chi connectivity index (χ3v) is 8.54. The number of aryl methyl sites for hydroxylation is 1. The molecular weight excluding hydrogens is 503 g/mol. The van der Waals surface area contributed by atoms with Crippen LogP contribution >= 0.6 is 0 Å². The van der Waals surface area contributed by atoms with Gasteiger partial charge in [-0.2, -0.15) is 0 Å². The van der Waals surface area contributed by atoms with Gasteiger partial charge in [0.1, 0.15) is 17.3 Å². The molecule has 1 amide bonds.